The van der Waals surface area contributed by atoms with Crippen LogP contribution in [0.15, 0.2) is 18.2 Å². The van der Waals surface area contributed by atoms with Crippen molar-refractivity contribution in [2.45, 2.75) is 39.2 Å². The smallest absolute Gasteiger partial charge is 0.244 e. The molecule has 4 heteroatoms. The highest BCUT2D eigenvalue weighted by molar-refractivity contribution is 5.98. The molecular weight excluding hydrogens is 219 g/mol. The lowest BCUT2D eigenvalue weighted by Gasteiger charge is -2.25. The van der Waals surface area contributed by atoms with E-state index in [1.165, 1.54) is 6.07 Å². The standard InChI is InChI=1S/C13H19FN2O/c1-4-13(15,5-2)12(17)16-11-8-6-7-10(14)9(11)3/h6-8H,4-5,15H2,1-3H3,(H,16,17). The van der Waals surface area contributed by atoms with E-state index >= 15 is 0 Å². The Labute approximate surface area is 101 Å². The van der Waals surface area contributed by atoms with E-state index in [2.05, 4.69) is 5.32 Å². The second kappa shape index (κ2) is 5.27. The zero-order valence-electron chi connectivity index (χ0n) is 10.5. The number of anilines is 1. The maximum atomic E-state index is 13.3. The lowest BCUT2D eigenvalue weighted by molar-refractivity contribution is -0.121. The van der Waals surface area contributed by atoms with Gasteiger partial charge in [-0.3, -0.25) is 4.79 Å². The third-order valence-electron chi connectivity index (χ3n) is 3.23. The van der Waals surface area contributed by atoms with E-state index in [9.17, 15) is 9.18 Å². The molecule has 0 saturated heterocycles. The van der Waals surface area contributed by atoms with Gasteiger partial charge in [0.2, 0.25) is 5.91 Å². The first kappa shape index (κ1) is 13.6. The molecule has 0 fully saturated rings. The van der Waals surface area contributed by atoms with Gasteiger partial charge in [-0.25, -0.2) is 4.39 Å². The third kappa shape index (κ3) is 2.82. The van der Waals surface area contributed by atoms with Crippen LogP contribution in [0.2, 0.25) is 0 Å². The van der Waals surface area contributed by atoms with Gasteiger partial charge in [0.15, 0.2) is 0 Å². The summed E-state index contributed by atoms with van der Waals surface area (Å²) < 4.78 is 13.3. The van der Waals surface area contributed by atoms with Gasteiger partial charge in [0.05, 0.1) is 5.54 Å². The summed E-state index contributed by atoms with van der Waals surface area (Å²) in [7, 11) is 0. The SMILES string of the molecule is CCC(N)(CC)C(=O)Nc1cccc(F)c1C. The molecule has 0 unspecified atom stereocenters. The van der Waals surface area contributed by atoms with Gasteiger partial charge in [0, 0.05) is 11.3 Å². The zero-order chi connectivity index (χ0) is 13.1. The predicted molar refractivity (Wildman–Crippen MR) is 67.3 cm³/mol. The normalized spacial score (nSPS) is 11.4. The predicted octanol–water partition coefficient (Wildman–Crippen LogP) is 2.59. The first-order valence-electron chi connectivity index (χ1n) is 5.80. The Morgan fingerprint density at radius 2 is 2.00 bits per heavy atom. The molecule has 0 spiro atoms. The minimum absolute atomic E-state index is 0.267. The molecule has 0 bridgehead atoms. The summed E-state index contributed by atoms with van der Waals surface area (Å²) in [4.78, 5) is 12.0. The van der Waals surface area contributed by atoms with Crippen LogP contribution < -0.4 is 11.1 Å². The maximum absolute atomic E-state index is 13.3. The van der Waals surface area contributed by atoms with Crippen molar-refractivity contribution in [1.82, 2.24) is 0 Å². The van der Waals surface area contributed by atoms with E-state index < -0.39 is 5.54 Å². The number of benzene rings is 1. The Kier molecular flexibility index (Phi) is 4.23. The number of nitrogens with two attached hydrogens (primary N) is 1. The van der Waals surface area contributed by atoms with Crippen LogP contribution in [-0.4, -0.2) is 11.4 Å². The fourth-order valence-electron chi connectivity index (χ4n) is 1.56. The maximum Gasteiger partial charge on any atom is 0.244 e. The molecule has 1 aromatic rings. The van der Waals surface area contributed by atoms with Crippen molar-refractivity contribution in [3.8, 4) is 0 Å². The number of rotatable bonds is 4. The van der Waals surface area contributed by atoms with Crippen LogP contribution in [0.1, 0.15) is 32.3 Å². The van der Waals surface area contributed by atoms with Gasteiger partial charge in [0.25, 0.3) is 0 Å². The average molecular weight is 238 g/mol. The van der Waals surface area contributed by atoms with Crippen LogP contribution in [0.25, 0.3) is 0 Å². The molecule has 0 radical (unpaired) electrons. The monoisotopic (exact) mass is 238 g/mol. The second-order valence-corrected chi connectivity index (χ2v) is 4.23. The van der Waals surface area contributed by atoms with E-state index in [1.54, 1.807) is 19.1 Å². The number of amides is 1. The third-order valence-corrected chi connectivity index (χ3v) is 3.23. The van der Waals surface area contributed by atoms with Crippen LogP contribution in [-0.2, 0) is 4.79 Å². The second-order valence-electron chi connectivity index (χ2n) is 4.23. The number of carbonyl (C=O) groups excluding carboxylic acids is 1. The first-order chi connectivity index (χ1) is 7.94. The average Bonchev–Trinajstić information content (AvgIpc) is 2.33. The molecule has 1 amide bonds. The lowest BCUT2D eigenvalue weighted by Crippen LogP contribution is -2.50. The summed E-state index contributed by atoms with van der Waals surface area (Å²) in [5, 5.41) is 2.69. The summed E-state index contributed by atoms with van der Waals surface area (Å²) in [6, 6.07) is 4.59. The molecule has 3 N–H and O–H groups in total. The van der Waals surface area contributed by atoms with Gasteiger partial charge in [-0.15, -0.1) is 0 Å². The molecular formula is C13H19FN2O. The number of nitrogens with one attached hydrogen (secondary N) is 1. The van der Waals surface area contributed by atoms with Crippen molar-refractivity contribution in [3.05, 3.63) is 29.6 Å². The quantitative estimate of drug-likeness (QED) is 0.847. The van der Waals surface area contributed by atoms with Gasteiger partial charge in [0.1, 0.15) is 5.82 Å². The number of hydrogen-bond donors (Lipinski definition) is 2. The van der Waals surface area contributed by atoms with E-state index in [1.807, 2.05) is 13.8 Å². The van der Waals surface area contributed by atoms with Crippen LogP contribution in [0, 0.1) is 12.7 Å². The van der Waals surface area contributed by atoms with Gasteiger partial charge in [-0.2, -0.15) is 0 Å². The van der Waals surface area contributed by atoms with Crippen molar-refractivity contribution >= 4 is 11.6 Å². The Balaban J connectivity index is 2.92. The number of hydrogen-bond acceptors (Lipinski definition) is 2. The fourth-order valence-corrected chi connectivity index (χ4v) is 1.56. The molecule has 1 rings (SSSR count). The highest BCUT2D eigenvalue weighted by Gasteiger charge is 2.30. The molecule has 0 atom stereocenters. The summed E-state index contributed by atoms with van der Waals surface area (Å²) in [5.41, 5.74) is 5.98. The minimum atomic E-state index is -0.890. The van der Waals surface area contributed by atoms with Gasteiger partial charge in [-0.05, 0) is 31.9 Å². The van der Waals surface area contributed by atoms with Crippen molar-refractivity contribution in [3.63, 3.8) is 0 Å². The number of halogens is 1. The van der Waals surface area contributed by atoms with Crippen LogP contribution >= 0.6 is 0 Å². The Bertz CT molecular complexity index is 414. The van der Waals surface area contributed by atoms with E-state index in [0.29, 0.717) is 24.1 Å². The highest BCUT2D eigenvalue weighted by Crippen LogP contribution is 2.20. The molecule has 17 heavy (non-hydrogen) atoms. The van der Waals surface area contributed by atoms with E-state index in [4.69, 9.17) is 5.73 Å². The van der Waals surface area contributed by atoms with Gasteiger partial charge >= 0.3 is 0 Å². The van der Waals surface area contributed by atoms with Crippen LogP contribution in [0.3, 0.4) is 0 Å². The summed E-state index contributed by atoms with van der Waals surface area (Å²) >= 11 is 0. The van der Waals surface area contributed by atoms with Gasteiger partial charge < -0.3 is 11.1 Å². The number of carbonyl (C=O) groups is 1. The van der Waals surface area contributed by atoms with Crippen LogP contribution in [0.4, 0.5) is 10.1 Å². The topological polar surface area (TPSA) is 55.1 Å². The van der Waals surface area contributed by atoms with E-state index in [0.717, 1.165) is 0 Å². The van der Waals surface area contributed by atoms with Crippen molar-refractivity contribution < 1.29 is 9.18 Å². The molecule has 0 saturated carbocycles. The Hall–Kier alpha value is -1.42. The van der Waals surface area contributed by atoms with Crippen LogP contribution in [0.5, 0.6) is 0 Å². The van der Waals surface area contributed by atoms with E-state index in [-0.39, 0.29) is 11.7 Å². The molecule has 0 aliphatic heterocycles. The lowest BCUT2D eigenvalue weighted by atomic mass is 9.93. The molecule has 94 valence electrons. The van der Waals surface area contributed by atoms with Crippen molar-refractivity contribution in [1.29, 1.82) is 0 Å². The summed E-state index contributed by atoms with van der Waals surface area (Å²) in [5.74, 6) is -0.602. The zero-order valence-corrected chi connectivity index (χ0v) is 10.5. The Morgan fingerprint density at radius 3 is 2.53 bits per heavy atom. The molecule has 0 heterocycles. The van der Waals surface area contributed by atoms with Crippen molar-refractivity contribution in [2.75, 3.05) is 5.32 Å². The summed E-state index contributed by atoms with van der Waals surface area (Å²) in [6.45, 7) is 5.35. The largest absolute Gasteiger partial charge is 0.324 e. The minimum Gasteiger partial charge on any atom is -0.324 e. The molecule has 0 aliphatic rings. The Morgan fingerprint density at radius 1 is 1.41 bits per heavy atom. The van der Waals surface area contributed by atoms with Gasteiger partial charge in [-0.1, -0.05) is 19.9 Å². The van der Waals surface area contributed by atoms with Crippen molar-refractivity contribution in [2.24, 2.45) is 5.73 Å². The summed E-state index contributed by atoms with van der Waals surface area (Å²) in [6.07, 6.45) is 1.09. The highest BCUT2D eigenvalue weighted by atomic mass is 19.1. The molecule has 0 aliphatic carbocycles. The molecule has 1 aromatic carbocycles. The first-order valence-corrected chi connectivity index (χ1v) is 5.80. The molecule has 3 nitrogen and oxygen atoms in total. The fraction of sp³-hybridized carbons (Fsp3) is 0.462. The molecule has 0 aromatic heterocycles.